The molecule has 1 aliphatic heterocycles. The molecule has 0 spiro atoms. The first-order valence-electron chi connectivity index (χ1n) is 7.87. The van der Waals surface area contributed by atoms with Crippen LogP contribution in [0.4, 0.5) is 0 Å². The smallest absolute Gasteiger partial charge is 0.272 e. The third kappa shape index (κ3) is 3.70. The lowest BCUT2D eigenvalue weighted by Crippen LogP contribution is -2.42. The van der Waals surface area contributed by atoms with Crippen LogP contribution in [-0.2, 0) is 4.74 Å². The van der Waals surface area contributed by atoms with Crippen LogP contribution in [0.3, 0.4) is 0 Å². The minimum Gasteiger partial charge on any atom is -0.475 e. The van der Waals surface area contributed by atoms with E-state index in [0.717, 1.165) is 0 Å². The molecule has 0 unspecified atom stereocenters. The van der Waals surface area contributed by atoms with Gasteiger partial charge in [-0.25, -0.2) is 4.98 Å². The van der Waals surface area contributed by atoms with Gasteiger partial charge in [0, 0.05) is 19.5 Å². The summed E-state index contributed by atoms with van der Waals surface area (Å²) in [5.41, 5.74) is 0.343. The maximum absolute atomic E-state index is 12.7. The summed E-state index contributed by atoms with van der Waals surface area (Å²) in [6.45, 7) is 6.77. The second-order valence-electron chi connectivity index (χ2n) is 5.80. The van der Waals surface area contributed by atoms with E-state index >= 15 is 0 Å². The van der Waals surface area contributed by atoms with Crippen LogP contribution in [0.15, 0.2) is 22.6 Å². The van der Waals surface area contributed by atoms with Crippen LogP contribution >= 0.6 is 0 Å². The molecule has 0 radical (unpaired) electrons. The van der Waals surface area contributed by atoms with Crippen molar-refractivity contribution in [2.45, 2.75) is 33.0 Å². The number of amides is 1. The molecule has 0 bridgehead atoms. The summed E-state index contributed by atoms with van der Waals surface area (Å²) in [7, 11) is 0. The first kappa shape index (κ1) is 16.4. The Bertz CT molecular complexity index is 716. The average Bonchev–Trinajstić information content (AvgIpc) is 3.00. The van der Waals surface area contributed by atoms with Gasteiger partial charge in [-0.3, -0.25) is 4.79 Å². The van der Waals surface area contributed by atoms with Gasteiger partial charge >= 0.3 is 0 Å². The lowest BCUT2D eigenvalue weighted by Gasteiger charge is -2.31. The number of carbonyl (C=O) groups excluding carboxylic acids is 1. The summed E-state index contributed by atoms with van der Waals surface area (Å²) in [6, 6.07) is 5.17. The molecule has 1 saturated heterocycles. The summed E-state index contributed by atoms with van der Waals surface area (Å²) in [6.07, 6.45) is -0.421. The van der Waals surface area contributed by atoms with Crippen LogP contribution in [0, 0.1) is 6.92 Å². The van der Waals surface area contributed by atoms with Gasteiger partial charge in [0.15, 0.2) is 6.10 Å². The third-order valence-corrected chi connectivity index (χ3v) is 3.47. The molecule has 8 nitrogen and oxygen atoms in total. The van der Waals surface area contributed by atoms with Gasteiger partial charge in [-0.05, 0) is 19.9 Å². The molecular weight excluding hydrogens is 312 g/mol. The fourth-order valence-electron chi connectivity index (χ4n) is 2.43. The van der Waals surface area contributed by atoms with Crippen LogP contribution in [0.2, 0.25) is 0 Å². The van der Waals surface area contributed by atoms with E-state index in [0.29, 0.717) is 43.1 Å². The molecule has 24 heavy (non-hydrogen) atoms. The quantitative estimate of drug-likeness (QED) is 0.842. The number of rotatable bonds is 4. The number of hydrogen-bond acceptors (Lipinski definition) is 7. The fraction of sp³-hybridized carbons (Fsp3) is 0.500. The van der Waals surface area contributed by atoms with Gasteiger partial charge < -0.3 is 18.8 Å². The minimum absolute atomic E-state index is 0.00335. The standard InChI is InChI=1S/C16H20N4O4/c1-10(2)23-14-6-4-5-12(17-14)16(21)20-7-8-22-13(9-20)15-19-18-11(3)24-15/h4-6,10,13H,7-9H2,1-3H3/t13-/m0/s1. The Kier molecular flexibility index (Phi) is 4.75. The number of carbonyl (C=O) groups is 1. The highest BCUT2D eigenvalue weighted by atomic mass is 16.5. The highest BCUT2D eigenvalue weighted by Crippen LogP contribution is 2.22. The minimum atomic E-state index is -0.418. The molecule has 0 aromatic carbocycles. The molecule has 3 rings (SSSR count). The number of hydrogen-bond donors (Lipinski definition) is 0. The molecule has 0 saturated carbocycles. The van der Waals surface area contributed by atoms with E-state index in [4.69, 9.17) is 13.9 Å². The van der Waals surface area contributed by atoms with Gasteiger partial charge in [0.1, 0.15) is 5.69 Å². The van der Waals surface area contributed by atoms with E-state index in [9.17, 15) is 4.79 Å². The molecule has 3 heterocycles. The Morgan fingerprint density at radius 3 is 2.92 bits per heavy atom. The average molecular weight is 332 g/mol. The second kappa shape index (κ2) is 6.96. The molecule has 2 aromatic rings. The molecule has 1 fully saturated rings. The van der Waals surface area contributed by atoms with Crippen LogP contribution in [-0.4, -0.2) is 51.8 Å². The van der Waals surface area contributed by atoms with Crippen molar-refractivity contribution in [1.29, 1.82) is 0 Å². The number of morpholine rings is 1. The maximum atomic E-state index is 12.7. The molecule has 2 aromatic heterocycles. The van der Waals surface area contributed by atoms with Crippen molar-refractivity contribution >= 4 is 5.91 Å². The Morgan fingerprint density at radius 2 is 2.21 bits per heavy atom. The van der Waals surface area contributed by atoms with Gasteiger partial charge in [-0.2, -0.15) is 0 Å². The predicted molar refractivity (Wildman–Crippen MR) is 83.6 cm³/mol. The predicted octanol–water partition coefficient (Wildman–Crippen LogP) is 1.77. The normalized spacial score (nSPS) is 18.0. The van der Waals surface area contributed by atoms with Gasteiger partial charge in [-0.15, -0.1) is 10.2 Å². The lowest BCUT2D eigenvalue weighted by atomic mass is 10.2. The van der Waals surface area contributed by atoms with E-state index < -0.39 is 6.10 Å². The summed E-state index contributed by atoms with van der Waals surface area (Å²) >= 11 is 0. The third-order valence-electron chi connectivity index (χ3n) is 3.47. The fourth-order valence-corrected chi connectivity index (χ4v) is 2.43. The van der Waals surface area contributed by atoms with Crippen molar-refractivity contribution < 1.29 is 18.7 Å². The van der Waals surface area contributed by atoms with Gasteiger partial charge in [0.2, 0.25) is 17.7 Å². The van der Waals surface area contributed by atoms with E-state index in [1.165, 1.54) is 0 Å². The van der Waals surface area contributed by atoms with Crippen LogP contribution < -0.4 is 4.74 Å². The van der Waals surface area contributed by atoms with E-state index in [1.807, 2.05) is 13.8 Å². The van der Waals surface area contributed by atoms with Crippen molar-refractivity contribution in [3.05, 3.63) is 35.7 Å². The Hall–Kier alpha value is -2.48. The van der Waals surface area contributed by atoms with Crippen LogP contribution in [0.5, 0.6) is 5.88 Å². The van der Waals surface area contributed by atoms with Crippen molar-refractivity contribution in [1.82, 2.24) is 20.1 Å². The summed E-state index contributed by atoms with van der Waals surface area (Å²) in [4.78, 5) is 18.7. The van der Waals surface area contributed by atoms with Crippen molar-refractivity contribution in [3.8, 4) is 5.88 Å². The van der Waals surface area contributed by atoms with Gasteiger partial charge in [0.25, 0.3) is 5.91 Å². The molecular formula is C16H20N4O4. The van der Waals surface area contributed by atoms with Crippen LogP contribution in [0.1, 0.15) is 42.2 Å². The monoisotopic (exact) mass is 332 g/mol. The molecule has 1 aliphatic rings. The summed E-state index contributed by atoms with van der Waals surface area (Å²) < 4.78 is 16.6. The summed E-state index contributed by atoms with van der Waals surface area (Å²) in [5, 5.41) is 7.77. The van der Waals surface area contributed by atoms with E-state index in [-0.39, 0.29) is 12.0 Å². The topological polar surface area (TPSA) is 90.6 Å². The number of aromatic nitrogens is 3. The molecule has 1 atom stereocenters. The first-order valence-corrected chi connectivity index (χ1v) is 7.87. The van der Waals surface area contributed by atoms with Gasteiger partial charge in [-0.1, -0.05) is 6.07 Å². The SMILES string of the molecule is Cc1nnc([C@@H]2CN(C(=O)c3cccc(OC(C)C)n3)CCO2)o1. The van der Waals surface area contributed by atoms with E-state index in [1.54, 1.807) is 30.0 Å². The highest BCUT2D eigenvalue weighted by Gasteiger charge is 2.30. The first-order chi connectivity index (χ1) is 11.5. The zero-order valence-electron chi connectivity index (χ0n) is 13.9. The van der Waals surface area contributed by atoms with Crippen molar-refractivity contribution in [2.75, 3.05) is 19.7 Å². The number of aryl methyl sites for hydroxylation is 1. The molecule has 8 heteroatoms. The Balaban J connectivity index is 1.72. The lowest BCUT2D eigenvalue weighted by molar-refractivity contribution is -0.0351. The molecule has 1 amide bonds. The maximum Gasteiger partial charge on any atom is 0.272 e. The largest absolute Gasteiger partial charge is 0.475 e. The Labute approximate surface area is 139 Å². The number of pyridine rings is 1. The Morgan fingerprint density at radius 1 is 1.38 bits per heavy atom. The number of ether oxygens (including phenoxy) is 2. The second-order valence-corrected chi connectivity index (χ2v) is 5.80. The van der Waals surface area contributed by atoms with Gasteiger partial charge in [0.05, 0.1) is 19.3 Å². The van der Waals surface area contributed by atoms with E-state index in [2.05, 4.69) is 15.2 Å². The highest BCUT2D eigenvalue weighted by molar-refractivity contribution is 5.92. The molecule has 0 N–H and O–H groups in total. The zero-order valence-corrected chi connectivity index (χ0v) is 13.9. The summed E-state index contributed by atoms with van der Waals surface area (Å²) in [5.74, 6) is 1.12. The number of nitrogens with zero attached hydrogens (tertiary/aromatic N) is 4. The van der Waals surface area contributed by atoms with Crippen molar-refractivity contribution in [2.24, 2.45) is 0 Å². The zero-order chi connectivity index (χ0) is 17.1. The van der Waals surface area contributed by atoms with Crippen molar-refractivity contribution in [3.63, 3.8) is 0 Å². The molecule has 0 aliphatic carbocycles. The van der Waals surface area contributed by atoms with Crippen LogP contribution in [0.25, 0.3) is 0 Å². The molecule has 128 valence electrons.